The number of aliphatic hydroxyl groups excluding tert-OH is 2. The minimum atomic E-state index is 0. The Morgan fingerprint density at radius 2 is 1.12 bits per heavy atom. The van der Waals surface area contributed by atoms with Gasteiger partial charge in [0.25, 0.3) is 0 Å². The second-order valence-corrected chi connectivity index (χ2v) is 0.183. The summed E-state index contributed by atoms with van der Waals surface area (Å²) in [5, 5.41) is 13.5. The van der Waals surface area contributed by atoms with E-state index < -0.39 is 0 Å². The van der Waals surface area contributed by atoms with Crippen molar-refractivity contribution in [2.24, 2.45) is 0 Å². The Morgan fingerprint density at radius 1 is 1.12 bits per heavy atom. The van der Waals surface area contributed by atoms with Crippen LogP contribution in [-0.2, 0) is 29.1 Å². The molecule has 2 N–H and O–H groups in total. The smallest absolute Gasteiger partial charge is 1.00 e. The second-order valence-electron chi connectivity index (χ2n) is 0.183. The average molecular weight is 295 g/mol. The molecule has 0 fully saturated rings. The van der Waals surface area contributed by atoms with Crippen LogP contribution >= 0.6 is 0 Å². The number of hydrogen-bond acceptors (Lipinski definition) is 2. The third-order valence-electron chi connectivity index (χ3n) is 0. The first kappa shape index (κ1) is 22.9. The van der Waals surface area contributed by atoms with E-state index in [2.05, 4.69) is 0 Å². The Hall–Kier alpha value is 1.13. The van der Waals surface area contributed by atoms with E-state index in [1.54, 1.807) is 0 Å². The predicted octanol–water partition coefficient (Wildman–Crippen LogP) is -0.935. The van der Waals surface area contributed by atoms with Gasteiger partial charge in [-0.05, 0) is 0 Å². The van der Waals surface area contributed by atoms with E-state index >= 15 is 0 Å². The standard InChI is InChI=1S/2CHO2.Ba.Zn.2H/c2*2-1-3;;;;/h2*(H,2,3);;;;/q2*-1;2*+2;2*-1. The summed E-state index contributed by atoms with van der Waals surface area (Å²) in [5.41, 5.74) is 0. The molecule has 0 unspecified atom stereocenters. The van der Waals surface area contributed by atoms with Gasteiger partial charge in [0.05, 0.1) is 0 Å². The van der Waals surface area contributed by atoms with Crippen molar-refractivity contribution in [2.45, 2.75) is 0 Å². The van der Waals surface area contributed by atoms with Gasteiger partial charge in [-0.1, -0.05) is 12.9 Å². The van der Waals surface area contributed by atoms with Crippen molar-refractivity contribution >= 4 is 61.8 Å². The van der Waals surface area contributed by atoms with Crippen molar-refractivity contribution in [3.05, 3.63) is 0 Å². The molecular weight excluding hydrogens is 291 g/mol. The summed E-state index contributed by atoms with van der Waals surface area (Å²) >= 11 is 0. The molecule has 0 radical (unpaired) electrons. The van der Waals surface area contributed by atoms with Crippen LogP contribution in [0.25, 0.3) is 0 Å². The van der Waals surface area contributed by atoms with E-state index in [4.69, 9.17) is 19.8 Å². The van der Waals surface area contributed by atoms with Crippen LogP contribution in [0.5, 0.6) is 0 Å². The van der Waals surface area contributed by atoms with Crippen molar-refractivity contribution in [3.63, 3.8) is 0 Å². The average Bonchev–Trinajstić information content (AvgIpc) is 1.39. The Labute approximate surface area is 102 Å². The Bertz CT molecular complexity index is 42.2. The van der Waals surface area contributed by atoms with Crippen LogP contribution in [0.2, 0.25) is 0 Å². The zero-order valence-electron chi connectivity index (χ0n) is 6.13. The predicted molar refractivity (Wildman–Crippen MR) is 24.6 cm³/mol. The van der Waals surface area contributed by atoms with Crippen molar-refractivity contribution < 1.29 is 42.1 Å². The molecule has 0 aromatic rings. The molecule has 0 amide bonds. The van der Waals surface area contributed by atoms with Crippen LogP contribution in [-0.4, -0.2) is 72.0 Å². The van der Waals surface area contributed by atoms with E-state index in [0.717, 1.165) is 0 Å². The molecule has 6 heteroatoms. The zero-order valence-corrected chi connectivity index (χ0v) is 11.5. The van der Waals surface area contributed by atoms with Crippen LogP contribution in [0.1, 0.15) is 2.85 Å². The maximum Gasteiger partial charge on any atom is 2.00 e. The minimum Gasteiger partial charge on any atom is -1.00 e. The Balaban J connectivity index is -0.00000000571. The van der Waals surface area contributed by atoms with E-state index in [9.17, 15) is 0 Å². The van der Waals surface area contributed by atoms with Gasteiger partial charge < -0.3 is 22.7 Å². The van der Waals surface area contributed by atoms with E-state index in [0.29, 0.717) is 12.9 Å². The fourth-order valence-electron chi connectivity index (χ4n) is 0. The van der Waals surface area contributed by atoms with Gasteiger partial charge >= 0.3 is 68.4 Å². The topological polar surface area (TPSA) is 74.6 Å². The number of rotatable bonds is 0. The van der Waals surface area contributed by atoms with Crippen LogP contribution < -0.4 is 0 Å². The first-order chi connectivity index (χ1) is 2.83. The molecule has 0 bridgehead atoms. The number of hydrogen-bond donors (Lipinski definition) is 2. The summed E-state index contributed by atoms with van der Waals surface area (Å²) < 4.78 is 0. The van der Waals surface area contributed by atoms with Crippen molar-refractivity contribution in [1.29, 1.82) is 0 Å². The molecule has 40 valence electrons. The van der Waals surface area contributed by atoms with Gasteiger partial charge in [-0.2, -0.15) is 0 Å². The molecule has 4 nitrogen and oxygen atoms in total. The van der Waals surface area contributed by atoms with Crippen molar-refractivity contribution in [1.82, 2.24) is 0 Å². The van der Waals surface area contributed by atoms with Gasteiger partial charge in [0.15, 0.2) is 0 Å². The molecule has 0 saturated carbocycles. The monoisotopic (exact) mass is 294 g/mol. The molecule has 8 heavy (non-hydrogen) atoms. The molecule has 0 aliphatic carbocycles. The molecule has 0 saturated heterocycles. The Morgan fingerprint density at radius 3 is 1.12 bits per heavy atom. The molecule has 0 heterocycles. The second kappa shape index (κ2) is 42.1. The summed E-state index contributed by atoms with van der Waals surface area (Å²) in [6, 6.07) is 0. The minimum absolute atomic E-state index is 0. The van der Waals surface area contributed by atoms with Crippen LogP contribution in [0.15, 0.2) is 0 Å². The zero-order chi connectivity index (χ0) is 5.41. The summed E-state index contributed by atoms with van der Waals surface area (Å²) in [6.07, 6.45) is 0. The SMILES string of the molecule is O=[C-]O.O=[C-]O.[Ba+2].[H-].[H-].[Zn+2]. The molecule has 0 aliphatic rings. The molecule has 0 aromatic heterocycles. The third kappa shape index (κ3) is 209. The molecular formula is C2H4BaO4Zn. The van der Waals surface area contributed by atoms with E-state index in [1.807, 2.05) is 0 Å². The normalized spacial score (nSPS) is 3.00. The van der Waals surface area contributed by atoms with E-state index in [1.165, 1.54) is 0 Å². The quantitative estimate of drug-likeness (QED) is 0.447. The van der Waals surface area contributed by atoms with Gasteiger partial charge in [-0.3, -0.25) is 0 Å². The molecule has 0 aromatic carbocycles. The first-order valence-electron chi connectivity index (χ1n) is 0.855. The third-order valence-corrected chi connectivity index (χ3v) is 0. The fourth-order valence-corrected chi connectivity index (χ4v) is 0. The van der Waals surface area contributed by atoms with Crippen molar-refractivity contribution in [2.75, 3.05) is 0 Å². The molecule has 0 aliphatic heterocycles. The van der Waals surface area contributed by atoms with E-state index in [-0.39, 0.29) is 71.2 Å². The van der Waals surface area contributed by atoms with Crippen LogP contribution in [0.4, 0.5) is 0 Å². The van der Waals surface area contributed by atoms with Crippen molar-refractivity contribution in [3.8, 4) is 0 Å². The Kier molecular flexibility index (Phi) is 121. The maximum absolute atomic E-state index is 8.24. The van der Waals surface area contributed by atoms with Gasteiger partial charge in [-0.25, -0.2) is 0 Å². The summed E-state index contributed by atoms with van der Waals surface area (Å²) in [7, 11) is 0. The van der Waals surface area contributed by atoms with Gasteiger partial charge in [0.1, 0.15) is 0 Å². The fraction of sp³-hybridized carbons (Fsp3) is 0. The summed E-state index contributed by atoms with van der Waals surface area (Å²) in [5.74, 6) is 0. The largest absolute Gasteiger partial charge is 2.00 e. The molecule has 0 atom stereocenters. The maximum atomic E-state index is 8.24. The van der Waals surface area contributed by atoms with Gasteiger partial charge in [0.2, 0.25) is 0 Å². The van der Waals surface area contributed by atoms with Crippen LogP contribution in [0.3, 0.4) is 0 Å². The molecule has 0 spiro atoms. The van der Waals surface area contributed by atoms with Gasteiger partial charge in [0, 0.05) is 0 Å². The summed E-state index contributed by atoms with van der Waals surface area (Å²) in [6.45, 7) is 1.00. The first-order valence-corrected chi connectivity index (χ1v) is 0.855. The summed E-state index contributed by atoms with van der Waals surface area (Å²) in [4.78, 5) is 16.5. The van der Waals surface area contributed by atoms with Gasteiger partial charge in [-0.15, -0.1) is 0 Å². The molecule has 0 rings (SSSR count). The van der Waals surface area contributed by atoms with Crippen LogP contribution in [0, 0.1) is 0 Å².